The molecule has 0 spiro atoms. The van der Waals surface area contributed by atoms with Crippen molar-refractivity contribution in [2.45, 2.75) is 24.9 Å². The van der Waals surface area contributed by atoms with Gasteiger partial charge in [-0.2, -0.15) is 8.78 Å². The van der Waals surface area contributed by atoms with Gasteiger partial charge in [-0.15, -0.1) is 0 Å². The van der Waals surface area contributed by atoms with E-state index in [1.165, 1.54) is 6.08 Å². The second-order valence-corrected chi connectivity index (χ2v) is 6.38. The largest absolute Gasteiger partial charge is 0.487 e. The van der Waals surface area contributed by atoms with E-state index in [1.807, 2.05) is 0 Å². The maximum atomic E-state index is 14.1. The van der Waals surface area contributed by atoms with E-state index in [9.17, 15) is 23.5 Å². The number of carbonyl (C=O) groups is 2. The number of aliphatic carboxylic acids is 1. The summed E-state index contributed by atoms with van der Waals surface area (Å²) in [5.74, 6) is -6.24. The third kappa shape index (κ3) is 3.97. The monoisotopic (exact) mass is 352 g/mol. The number of para-hydroxylation sites is 1. The third-order valence-electron chi connectivity index (χ3n) is 4.66. The molecule has 1 saturated carbocycles. The number of halogens is 2. The summed E-state index contributed by atoms with van der Waals surface area (Å²) >= 11 is 0. The minimum absolute atomic E-state index is 0.0650. The first kappa shape index (κ1) is 17.4. The minimum Gasteiger partial charge on any atom is -0.487 e. The quantitative estimate of drug-likeness (QED) is 0.630. The number of allylic oxidation sites excluding steroid dienone is 1. The standard InChI is InChI=1S/C18H18F2O5/c19-18(20,10-24-11-4-2-1-3-5-11)7-6-12-13-9-16(21)25-15(13)8-14(12)17(22)23/h1-7,12-15H,8-10H2,(H,22,23)/b7-6+/t12-,13-,14-,15+/m1/s1. The van der Waals surface area contributed by atoms with Gasteiger partial charge in [0.2, 0.25) is 0 Å². The Labute approximate surface area is 143 Å². The van der Waals surface area contributed by atoms with E-state index in [0.717, 1.165) is 0 Å². The number of carboxylic acids is 1. The Morgan fingerprint density at radius 3 is 2.76 bits per heavy atom. The van der Waals surface area contributed by atoms with Gasteiger partial charge in [0.25, 0.3) is 5.92 Å². The molecule has 2 fully saturated rings. The maximum Gasteiger partial charge on any atom is 0.307 e. The Bertz CT molecular complexity index is 673. The first-order chi connectivity index (χ1) is 11.9. The van der Waals surface area contributed by atoms with Gasteiger partial charge in [-0.05, 0) is 30.5 Å². The van der Waals surface area contributed by atoms with E-state index in [1.54, 1.807) is 30.3 Å². The molecule has 0 aromatic heterocycles. The molecule has 1 N–H and O–H groups in total. The van der Waals surface area contributed by atoms with E-state index < -0.39 is 42.4 Å². The summed E-state index contributed by atoms with van der Waals surface area (Å²) in [4.78, 5) is 22.8. The molecule has 3 rings (SSSR count). The Morgan fingerprint density at radius 2 is 2.08 bits per heavy atom. The lowest BCUT2D eigenvalue weighted by Gasteiger charge is -2.18. The van der Waals surface area contributed by atoms with Gasteiger partial charge in [-0.3, -0.25) is 9.59 Å². The number of benzene rings is 1. The van der Waals surface area contributed by atoms with E-state index >= 15 is 0 Å². The highest BCUT2D eigenvalue weighted by Gasteiger charge is 2.51. The highest BCUT2D eigenvalue weighted by molar-refractivity contribution is 5.75. The molecule has 134 valence electrons. The predicted octanol–water partition coefficient (Wildman–Crippen LogP) is 2.91. The molecule has 0 radical (unpaired) electrons. The summed E-state index contributed by atoms with van der Waals surface area (Å²) in [5.41, 5.74) is 0. The Kier molecular flexibility index (Phi) is 4.74. The van der Waals surface area contributed by atoms with Gasteiger partial charge < -0.3 is 14.6 Å². The van der Waals surface area contributed by atoms with Crippen LogP contribution in [-0.2, 0) is 14.3 Å². The molecule has 1 aromatic rings. The number of esters is 1. The van der Waals surface area contributed by atoms with Crippen LogP contribution in [0.3, 0.4) is 0 Å². The maximum absolute atomic E-state index is 14.1. The number of rotatable bonds is 6. The van der Waals surface area contributed by atoms with E-state index in [4.69, 9.17) is 9.47 Å². The van der Waals surface area contributed by atoms with Crippen LogP contribution in [0.15, 0.2) is 42.5 Å². The van der Waals surface area contributed by atoms with Crippen molar-refractivity contribution >= 4 is 11.9 Å². The highest BCUT2D eigenvalue weighted by Crippen LogP contribution is 2.46. The highest BCUT2D eigenvalue weighted by atomic mass is 19.3. The van der Waals surface area contributed by atoms with E-state index in [0.29, 0.717) is 11.8 Å². The van der Waals surface area contributed by atoms with E-state index in [-0.39, 0.29) is 18.8 Å². The smallest absolute Gasteiger partial charge is 0.307 e. The van der Waals surface area contributed by atoms with Crippen LogP contribution >= 0.6 is 0 Å². The fraction of sp³-hybridized carbons (Fsp3) is 0.444. The summed E-state index contributed by atoms with van der Waals surface area (Å²) in [6, 6.07) is 8.25. The molecule has 0 unspecified atom stereocenters. The van der Waals surface area contributed by atoms with Gasteiger partial charge in [-0.1, -0.05) is 24.3 Å². The number of carbonyl (C=O) groups excluding carboxylic acids is 1. The molecular weight excluding hydrogens is 334 g/mol. The molecule has 4 atom stereocenters. The fourth-order valence-electron chi connectivity index (χ4n) is 3.48. The zero-order valence-electron chi connectivity index (χ0n) is 13.3. The van der Waals surface area contributed by atoms with Gasteiger partial charge in [0.05, 0.1) is 12.3 Å². The van der Waals surface area contributed by atoms with Crippen LogP contribution in [0.4, 0.5) is 8.78 Å². The number of hydrogen-bond acceptors (Lipinski definition) is 4. The SMILES string of the molecule is O=C1C[C@@H]2[C@@H](/C=C/C(F)(F)COc3ccccc3)[C@H](C(=O)O)C[C@@H]2O1. The van der Waals surface area contributed by atoms with Gasteiger partial charge in [0, 0.05) is 5.92 Å². The average Bonchev–Trinajstić information content (AvgIpc) is 3.08. The summed E-state index contributed by atoms with van der Waals surface area (Å²) in [6.45, 7) is -0.846. The number of ether oxygens (including phenoxy) is 2. The molecule has 1 heterocycles. The Hall–Kier alpha value is -2.44. The number of carboxylic acid groups (broad SMARTS) is 1. The predicted molar refractivity (Wildman–Crippen MR) is 83.2 cm³/mol. The van der Waals surface area contributed by atoms with Crippen molar-refractivity contribution in [3.05, 3.63) is 42.5 Å². The van der Waals surface area contributed by atoms with Crippen molar-refractivity contribution in [2.75, 3.05) is 6.61 Å². The number of fused-ring (bicyclic) bond motifs is 1. The van der Waals surface area contributed by atoms with Gasteiger partial charge in [-0.25, -0.2) is 0 Å². The molecule has 5 nitrogen and oxygen atoms in total. The summed E-state index contributed by atoms with van der Waals surface area (Å²) in [5, 5.41) is 9.30. The lowest BCUT2D eigenvalue weighted by Crippen LogP contribution is -2.25. The third-order valence-corrected chi connectivity index (χ3v) is 4.66. The second kappa shape index (κ2) is 6.82. The summed E-state index contributed by atoms with van der Waals surface area (Å²) < 4.78 is 38.3. The normalized spacial score (nSPS) is 28.8. The van der Waals surface area contributed by atoms with Gasteiger partial charge >= 0.3 is 11.9 Å². The minimum atomic E-state index is -3.25. The number of alkyl halides is 2. The number of hydrogen-bond donors (Lipinski definition) is 1. The molecule has 1 aliphatic carbocycles. The molecule has 7 heteroatoms. The van der Waals surface area contributed by atoms with Crippen molar-refractivity contribution in [1.29, 1.82) is 0 Å². The summed E-state index contributed by atoms with van der Waals surface area (Å²) in [6.07, 6.45) is 1.61. The summed E-state index contributed by atoms with van der Waals surface area (Å²) in [7, 11) is 0. The van der Waals surface area contributed by atoms with Crippen LogP contribution in [0.5, 0.6) is 5.75 Å². The molecule has 0 bridgehead atoms. The van der Waals surface area contributed by atoms with Gasteiger partial charge in [0.15, 0.2) is 6.61 Å². The topological polar surface area (TPSA) is 72.8 Å². The van der Waals surface area contributed by atoms with Gasteiger partial charge in [0.1, 0.15) is 11.9 Å². The van der Waals surface area contributed by atoms with Crippen molar-refractivity contribution < 1.29 is 33.0 Å². The molecule has 25 heavy (non-hydrogen) atoms. The molecular formula is C18H18F2O5. The first-order valence-electron chi connectivity index (χ1n) is 8.03. The molecule has 2 aliphatic rings. The average molecular weight is 352 g/mol. The van der Waals surface area contributed by atoms with Crippen LogP contribution in [0, 0.1) is 17.8 Å². The molecule has 1 aliphatic heterocycles. The molecule has 0 amide bonds. The van der Waals surface area contributed by atoms with Crippen LogP contribution in [0.1, 0.15) is 12.8 Å². The first-order valence-corrected chi connectivity index (χ1v) is 8.03. The van der Waals surface area contributed by atoms with Crippen molar-refractivity contribution in [2.24, 2.45) is 17.8 Å². The van der Waals surface area contributed by atoms with Crippen molar-refractivity contribution in [3.63, 3.8) is 0 Å². The Morgan fingerprint density at radius 1 is 1.36 bits per heavy atom. The second-order valence-electron chi connectivity index (χ2n) is 6.38. The fourth-order valence-corrected chi connectivity index (χ4v) is 3.48. The van der Waals surface area contributed by atoms with Crippen molar-refractivity contribution in [3.8, 4) is 5.75 Å². The zero-order chi connectivity index (χ0) is 18.0. The Balaban J connectivity index is 1.67. The van der Waals surface area contributed by atoms with Crippen LogP contribution in [-0.4, -0.2) is 35.7 Å². The van der Waals surface area contributed by atoms with E-state index in [2.05, 4.69) is 0 Å². The van der Waals surface area contributed by atoms with Crippen LogP contribution < -0.4 is 4.74 Å². The van der Waals surface area contributed by atoms with Crippen LogP contribution in [0.25, 0.3) is 0 Å². The lowest BCUT2D eigenvalue weighted by atomic mass is 9.87. The van der Waals surface area contributed by atoms with Crippen LogP contribution in [0.2, 0.25) is 0 Å². The van der Waals surface area contributed by atoms with Crippen molar-refractivity contribution in [1.82, 2.24) is 0 Å². The lowest BCUT2D eigenvalue weighted by molar-refractivity contribution is -0.146. The molecule has 1 saturated heterocycles. The molecule has 1 aromatic carbocycles. The zero-order valence-corrected chi connectivity index (χ0v) is 13.3.